The third kappa shape index (κ3) is 1.53. The van der Waals surface area contributed by atoms with Crippen molar-refractivity contribution in [2.75, 3.05) is 0 Å². The molecular formula is C16H13NO2S. The summed E-state index contributed by atoms with van der Waals surface area (Å²) in [6.07, 6.45) is -0.689. The van der Waals surface area contributed by atoms with Crippen LogP contribution in [0.15, 0.2) is 59.6 Å². The van der Waals surface area contributed by atoms with Crippen LogP contribution in [0, 0.1) is 0 Å². The van der Waals surface area contributed by atoms with E-state index < -0.39 is 11.8 Å². The van der Waals surface area contributed by atoms with Crippen LogP contribution in [-0.2, 0) is 5.72 Å². The van der Waals surface area contributed by atoms with E-state index in [1.54, 1.807) is 0 Å². The highest BCUT2D eigenvalue weighted by atomic mass is 32.2. The summed E-state index contributed by atoms with van der Waals surface area (Å²) in [5, 5.41) is 21.8. The van der Waals surface area contributed by atoms with Crippen LogP contribution in [0.1, 0.15) is 22.8 Å². The molecule has 0 aromatic heterocycles. The quantitative estimate of drug-likeness (QED) is 0.845. The molecule has 0 spiro atoms. The van der Waals surface area contributed by atoms with Gasteiger partial charge in [-0.2, -0.15) is 0 Å². The predicted octanol–water partition coefficient (Wildman–Crippen LogP) is 2.44. The number of thioether (sulfide) groups is 1. The van der Waals surface area contributed by atoms with Crippen molar-refractivity contribution in [3.63, 3.8) is 0 Å². The van der Waals surface area contributed by atoms with Crippen molar-refractivity contribution >= 4 is 16.8 Å². The normalized spacial score (nSPS) is 30.8. The molecule has 20 heavy (non-hydrogen) atoms. The molecule has 2 N–H and O–H groups in total. The molecular weight excluding hydrogens is 270 g/mol. The second-order valence-corrected chi connectivity index (χ2v) is 6.21. The first-order chi connectivity index (χ1) is 9.70. The van der Waals surface area contributed by atoms with E-state index in [2.05, 4.69) is 4.99 Å². The predicted molar refractivity (Wildman–Crippen MR) is 79.7 cm³/mol. The van der Waals surface area contributed by atoms with Crippen LogP contribution in [0.4, 0.5) is 0 Å². The van der Waals surface area contributed by atoms with Crippen molar-refractivity contribution in [3.05, 3.63) is 71.3 Å². The summed E-state index contributed by atoms with van der Waals surface area (Å²) < 4.78 is 0. The molecule has 1 heterocycles. The molecule has 0 amide bonds. The minimum absolute atomic E-state index is 0.366. The first-order valence-corrected chi connectivity index (χ1v) is 7.40. The van der Waals surface area contributed by atoms with Gasteiger partial charge in [-0.15, -0.1) is 0 Å². The smallest absolute Gasteiger partial charge is 0.199 e. The van der Waals surface area contributed by atoms with E-state index in [-0.39, 0.29) is 5.25 Å². The zero-order valence-electron chi connectivity index (χ0n) is 10.6. The Balaban J connectivity index is 1.84. The van der Waals surface area contributed by atoms with Gasteiger partial charge in [0.2, 0.25) is 0 Å². The average Bonchev–Trinajstić information content (AvgIpc) is 2.95. The van der Waals surface area contributed by atoms with Crippen LogP contribution in [0.5, 0.6) is 0 Å². The van der Waals surface area contributed by atoms with Gasteiger partial charge in [0.15, 0.2) is 5.72 Å². The minimum atomic E-state index is -1.31. The fourth-order valence-electron chi connectivity index (χ4n) is 2.91. The van der Waals surface area contributed by atoms with E-state index >= 15 is 0 Å². The van der Waals surface area contributed by atoms with E-state index in [0.717, 1.165) is 21.7 Å². The summed E-state index contributed by atoms with van der Waals surface area (Å²) in [5.74, 6) is 0. The van der Waals surface area contributed by atoms with Crippen molar-refractivity contribution in [2.45, 2.75) is 17.1 Å². The number of benzene rings is 2. The lowest BCUT2D eigenvalue weighted by molar-refractivity contribution is 0.0258. The Morgan fingerprint density at radius 2 is 1.70 bits per heavy atom. The van der Waals surface area contributed by atoms with Crippen LogP contribution < -0.4 is 0 Å². The van der Waals surface area contributed by atoms with Crippen LogP contribution in [0.25, 0.3) is 0 Å². The molecule has 0 radical (unpaired) electrons. The number of hydrogen-bond acceptors (Lipinski definition) is 4. The largest absolute Gasteiger partial charge is 0.387 e. The fourth-order valence-corrected chi connectivity index (χ4v) is 4.24. The van der Waals surface area contributed by atoms with E-state index in [4.69, 9.17) is 0 Å². The van der Waals surface area contributed by atoms with Gasteiger partial charge in [0.25, 0.3) is 0 Å². The molecule has 2 aliphatic rings. The van der Waals surface area contributed by atoms with Crippen molar-refractivity contribution in [1.29, 1.82) is 0 Å². The van der Waals surface area contributed by atoms with Gasteiger partial charge in [0.1, 0.15) is 5.04 Å². The second kappa shape index (κ2) is 4.19. The van der Waals surface area contributed by atoms with Gasteiger partial charge in [-0.05, 0) is 5.56 Å². The summed E-state index contributed by atoms with van der Waals surface area (Å²) >= 11 is 1.45. The molecule has 1 aliphatic heterocycles. The first-order valence-electron chi connectivity index (χ1n) is 6.52. The highest BCUT2D eigenvalue weighted by Gasteiger charge is 2.55. The van der Waals surface area contributed by atoms with Gasteiger partial charge in [-0.25, -0.2) is 4.99 Å². The summed E-state index contributed by atoms with van der Waals surface area (Å²) in [5.41, 5.74) is 1.16. The maximum absolute atomic E-state index is 10.9. The highest BCUT2D eigenvalue weighted by Crippen LogP contribution is 2.54. The number of nitrogens with zero attached hydrogens (tertiary/aromatic N) is 1. The lowest BCUT2D eigenvalue weighted by Gasteiger charge is -2.20. The minimum Gasteiger partial charge on any atom is -0.387 e. The van der Waals surface area contributed by atoms with Crippen LogP contribution >= 0.6 is 11.8 Å². The SMILES string of the molecule is OC1c2ccccc2C2(O)N=C(c3ccccc3)SC12. The first kappa shape index (κ1) is 12.1. The van der Waals surface area contributed by atoms with Crippen molar-refractivity contribution in [2.24, 2.45) is 4.99 Å². The van der Waals surface area contributed by atoms with Gasteiger partial charge in [-0.1, -0.05) is 66.4 Å². The van der Waals surface area contributed by atoms with E-state index in [1.807, 2.05) is 54.6 Å². The molecule has 0 saturated carbocycles. The Labute approximate surface area is 121 Å². The van der Waals surface area contributed by atoms with E-state index in [0.29, 0.717) is 0 Å². The van der Waals surface area contributed by atoms with Crippen molar-refractivity contribution in [1.82, 2.24) is 0 Å². The monoisotopic (exact) mass is 283 g/mol. The van der Waals surface area contributed by atoms with Crippen LogP contribution in [0.3, 0.4) is 0 Å². The fraction of sp³-hybridized carbons (Fsp3) is 0.188. The summed E-state index contributed by atoms with van der Waals surface area (Å²) in [4.78, 5) is 4.52. The van der Waals surface area contributed by atoms with Gasteiger partial charge >= 0.3 is 0 Å². The number of hydrogen-bond donors (Lipinski definition) is 2. The number of rotatable bonds is 1. The zero-order chi connectivity index (χ0) is 13.7. The molecule has 3 atom stereocenters. The van der Waals surface area contributed by atoms with Crippen molar-refractivity contribution < 1.29 is 10.2 Å². The third-order valence-corrected chi connectivity index (χ3v) is 5.28. The van der Waals surface area contributed by atoms with Crippen molar-refractivity contribution in [3.8, 4) is 0 Å². The number of fused-ring (bicyclic) bond motifs is 3. The maximum atomic E-state index is 10.9. The molecule has 1 aliphatic carbocycles. The zero-order valence-corrected chi connectivity index (χ0v) is 11.4. The number of aliphatic hydroxyl groups excluding tert-OH is 1. The molecule has 3 unspecified atom stereocenters. The van der Waals surface area contributed by atoms with Crippen LogP contribution in [-0.4, -0.2) is 20.5 Å². The maximum Gasteiger partial charge on any atom is 0.199 e. The molecule has 3 nitrogen and oxygen atoms in total. The average molecular weight is 283 g/mol. The van der Waals surface area contributed by atoms with E-state index in [9.17, 15) is 10.2 Å². The topological polar surface area (TPSA) is 52.8 Å². The molecule has 2 aromatic carbocycles. The molecule has 100 valence electrons. The summed E-state index contributed by atoms with van der Waals surface area (Å²) in [7, 11) is 0. The summed E-state index contributed by atoms with van der Waals surface area (Å²) in [6.45, 7) is 0. The Morgan fingerprint density at radius 1 is 1.00 bits per heavy atom. The Bertz CT molecular complexity index is 701. The Kier molecular flexibility index (Phi) is 2.54. The molecule has 4 heteroatoms. The number of aliphatic hydroxyl groups is 2. The van der Waals surface area contributed by atoms with Gasteiger partial charge in [0, 0.05) is 11.1 Å². The Morgan fingerprint density at radius 3 is 2.50 bits per heavy atom. The van der Waals surface area contributed by atoms with Gasteiger partial charge in [-0.3, -0.25) is 0 Å². The standard InChI is InChI=1S/C16H13NO2S/c18-13-11-8-4-5-9-12(11)16(19)14(13)20-15(17-16)10-6-2-1-3-7-10/h1-9,13-14,18-19H. The molecule has 0 fully saturated rings. The molecule has 0 saturated heterocycles. The lowest BCUT2D eigenvalue weighted by atomic mass is 10.1. The molecule has 0 bridgehead atoms. The molecule has 4 rings (SSSR count). The highest BCUT2D eigenvalue weighted by molar-refractivity contribution is 8.15. The van der Waals surface area contributed by atoms with Gasteiger partial charge in [0.05, 0.1) is 11.4 Å². The second-order valence-electron chi connectivity index (χ2n) is 5.08. The number of aliphatic imine (C=N–C) groups is 1. The molecule has 2 aromatic rings. The van der Waals surface area contributed by atoms with Crippen LogP contribution in [0.2, 0.25) is 0 Å². The lowest BCUT2D eigenvalue weighted by Crippen LogP contribution is -2.29. The Hall–Kier alpha value is -1.62. The van der Waals surface area contributed by atoms with E-state index in [1.165, 1.54) is 11.8 Å². The summed E-state index contributed by atoms with van der Waals surface area (Å²) in [6, 6.07) is 17.2. The van der Waals surface area contributed by atoms with Gasteiger partial charge < -0.3 is 10.2 Å². The third-order valence-electron chi connectivity index (χ3n) is 3.89.